The molecule has 4 aliphatic rings. The van der Waals surface area contributed by atoms with Crippen LogP contribution < -0.4 is 0 Å². The molecule has 0 bridgehead atoms. The summed E-state index contributed by atoms with van der Waals surface area (Å²) in [6.07, 6.45) is 11.1. The Kier molecular flexibility index (Phi) is 7.21. The molecule has 0 aliphatic heterocycles. The summed E-state index contributed by atoms with van der Waals surface area (Å²) in [6.45, 7) is 8.87. The van der Waals surface area contributed by atoms with Gasteiger partial charge in [0.1, 0.15) is 6.10 Å². The van der Waals surface area contributed by atoms with Crippen LogP contribution in [0.3, 0.4) is 0 Å². The fourth-order valence-electron chi connectivity index (χ4n) is 9.49. The van der Waals surface area contributed by atoms with Gasteiger partial charge in [-0.15, -0.1) is 0 Å². The van der Waals surface area contributed by atoms with Crippen LogP contribution >= 0.6 is 0 Å². The Morgan fingerprint density at radius 1 is 0.970 bits per heavy atom. The minimum Gasteiger partial charge on any atom is -0.469 e. The van der Waals surface area contributed by atoms with Gasteiger partial charge in [0, 0.05) is 13.3 Å². The highest BCUT2D eigenvalue weighted by atomic mass is 16.6. The number of hydrogen-bond donors (Lipinski definition) is 1. The standard InChI is InChI=1S/C28H46O5/c1-17(7-6-8-25(30)32-5)20-11-12-21-19-9-10-23-26(31)24(33-18(2)29)14-16-28(23,4)22(19)13-15-27(20,21)3/h17,19-24,26,31H,6-16H2,1-5H3/t17?,19-,20+,21-,22-,23-,24-,26+,27+,28+/m0/s1. The maximum Gasteiger partial charge on any atom is 0.305 e. The van der Waals surface area contributed by atoms with E-state index in [1.807, 2.05) is 0 Å². The van der Waals surface area contributed by atoms with Crippen LogP contribution in [0, 0.1) is 46.3 Å². The first kappa shape index (κ1) is 25.0. The van der Waals surface area contributed by atoms with E-state index in [0.717, 1.165) is 49.9 Å². The van der Waals surface area contributed by atoms with Crippen molar-refractivity contribution in [2.75, 3.05) is 7.11 Å². The molecular formula is C28H46O5. The molecule has 5 nitrogen and oxygen atoms in total. The second-order valence-electron chi connectivity index (χ2n) is 12.4. The van der Waals surface area contributed by atoms with Crippen molar-refractivity contribution in [2.45, 2.75) is 111 Å². The monoisotopic (exact) mass is 462 g/mol. The maximum atomic E-state index is 11.5. The molecule has 5 heteroatoms. The summed E-state index contributed by atoms with van der Waals surface area (Å²) in [6, 6.07) is 0. The third-order valence-corrected chi connectivity index (χ3v) is 11.0. The van der Waals surface area contributed by atoms with E-state index in [-0.39, 0.29) is 29.4 Å². The van der Waals surface area contributed by atoms with Crippen LogP contribution in [0.4, 0.5) is 0 Å². The van der Waals surface area contributed by atoms with Crippen molar-refractivity contribution in [3.8, 4) is 0 Å². The van der Waals surface area contributed by atoms with Crippen LogP contribution in [0.5, 0.6) is 0 Å². The molecule has 0 amide bonds. The summed E-state index contributed by atoms with van der Waals surface area (Å²) in [7, 11) is 1.48. The zero-order valence-electron chi connectivity index (χ0n) is 21.5. The summed E-state index contributed by atoms with van der Waals surface area (Å²) in [5.41, 5.74) is 0.563. The van der Waals surface area contributed by atoms with E-state index >= 15 is 0 Å². The zero-order chi connectivity index (χ0) is 24.0. The fourth-order valence-corrected chi connectivity index (χ4v) is 9.49. The third kappa shape index (κ3) is 4.36. The van der Waals surface area contributed by atoms with Crippen molar-refractivity contribution in [2.24, 2.45) is 46.3 Å². The molecule has 0 spiro atoms. The molecule has 4 fully saturated rings. The van der Waals surface area contributed by atoms with Gasteiger partial charge >= 0.3 is 11.9 Å². The number of fused-ring (bicyclic) bond motifs is 5. The predicted octanol–water partition coefficient (Wildman–Crippen LogP) is 5.53. The van der Waals surface area contributed by atoms with Crippen LogP contribution in [0.15, 0.2) is 0 Å². The average Bonchev–Trinajstić information content (AvgIpc) is 3.12. The van der Waals surface area contributed by atoms with Gasteiger partial charge in [-0.25, -0.2) is 0 Å². The molecule has 1 unspecified atom stereocenters. The normalized spacial score (nSPS) is 45.3. The fraction of sp³-hybridized carbons (Fsp3) is 0.929. The van der Waals surface area contributed by atoms with Crippen molar-refractivity contribution in [1.82, 2.24) is 0 Å². The number of methoxy groups -OCH3 is 1. The van der Waals surface area contributed by atoms with Gasteiger partial charge in [-0.3, -0.25) is 9.59 Å². The first-order chi connectivity index (χ1) is 15.6. The maximum absolute atomic E-state index is 11.5. The smallest absolute Gasteiger partial charge is 0.305 e. The van der Waals surface area contributed by atoms with E-state index in [1.54, 1.807) is 0 Å². The highest BCUT2D eigenvalue weighted by molar-refractivity contribution is 5.69. The van der Waals surface area contributed by atoms with Gasteiger partial charge < -0.3 is 14.6 Å². The van der Waals surface area contributed by atoms with Gasteiger partial charge in [-0.2, -0.15) is 0 Å². The van der Waals surface area contributed by atoms with Crippen LogP contribution in [-0.2, 0) is 19.1 Å². The lowest BCUT2D eigenvalue weighted by molar-refractivity contribution is -0.191. The Labute approximate surface area is 200 Å². The summed E-state index contributed by atoms with van der Waals surface area (Å²) in [5.74, 6) is 3.49. The minimum absolute atomic E-state index is 0.0890. The van der Waals surface area contributed by atoms with E-state index in [9.17, 15) is 14.7 Å². The van der Waals surface area contributed by atoms with E-state index in [2.05, 4.69) is 20.8 Å². The van der Waals surface area contributed by atoms with Gasteiger partial charge in [0.15, 0.2) is 0 Å². The lowest BCUT2D eigenvalue weighted by atomic mass is 9.44. The van der Waals surface area contributed by atoms with E-state index in [1.165, 1.54) is 46.1 Å². The largest absolute Gasteiger partial charge is 0.469 e. The number of rotatable bonds is 6. The highest BCUT2D eigenvalue weighted by Gasteiger charge is 2.62. The molecule has 1 N–H and O–H groups in total. The Morgan fingerprint density at radius 3 is 2.33 bits per heavy atom. The van der Waals surface area contributed by atoms with E-state index in [4.69, 9.17) is 9.47 Å². The van der Waals surface area contributed by atoms with Crippen molar-refractivity contribution in [3.05, 3.63) is 0 Å². The number of aliphatic hydroxyl groups excluding tert-OH is 1. The number of esters is 2. The molecule has 0 aromatic heterocycles. The number of aliphatic hydroxyl groups is 1. The molecule has 0 saturated heterocycles. The second-order valence-corrected chi connectivity index (χ2v) is 12.4. The summed E-state index contributed by atoms with van der Waals surface area (Å²) in [5, 5.41) is 11.2. The molecule has 4 rings (SSSR count). The molecule has 4 aliphatic carbocycles. The molecule has 0 radical (unpaired) electrons. The Morgan fingerprint density at radius 2 is 1.64 bits per heavy atom. The van der Waals surface area contributed by atoms with Gasteiger partial charge in [0.05, 0.1) is 13.2 Å². The van der Waals surface area contributed by atoms with Crippen molar-refractivity contribution in [3.63, 3.8) is 0 Å². The molecule has 4 saturated carbocycles. The van der Waals surface area contributed by atoms with Gasteiger partial charge in [-0.1, -0.05) is 20.8 Å². The summed E-state index contributed by atoms with van der Waals surface area (Å²) >= 11 is 0. The van der Waals surface area contributed by atoms with Crippen molar-refractivity contribution < 1.29 is 24.2 Å². The second kappa shape index (κ2) is 9.51. The van der Waals surface area contributed by atoms with Gasteiger partial charge in [0.25, 0.3) is 0 Å². The number of ether oxygens (including phenoxy) is 2. The van der Waals surface area contributed by atoms with E-state index < -0.39 is 6.10 Å². The minimum atomic E-state index is -0.520. The quantitative estimate of drug-likeness (QED) is 0.526. The number of carbonyl (C=O) groups excluding carboxylic acids is 2. The predicted molar refractivity (Wildman–Crippen MR) is 127 cm³/mol. The Bertz CT molecular complexity index is 736. The van der Waals surface area contributed by atoms with Crippen LogP contribution in [-0.4, -0.2) is 36.4 Å². The topological polar surface area (TPSA) is 72.8 Å². The summed E-state index contributed by atoms with van der Waals surface area (Å²) < 4.78 is 10.3. The lowest BCUT2D eigenvalue weighted by Crippen LogP contribution is -2.58. The molecule has 188 valence electrons. The third-order valence-electron chi connectivity index (χ3n) is 11.0. The first-order valence-corrected chi connectivity index (χ1v) is 13.5. The van der Waals surface area contributed by atoms with Crippen LogP contribution in [0.1, 0.15) is 98.3 Å². The number of hydrogen-bond acceptors (Lipinski definition) is 5. The highest BCUT2D eigenvalue weighted by Crippen LogP contribution is 2.68. The zero-order valence-corrected chi connectivity index (χ0v) is 21.5. The van der Waals surface area contributed by atoms with Crippen molar-refractivity contribution >= 4 is 11.9 Å². The van der Waals surface area contributed by atoms with E-state index in [0.29, 0.717) is 23.7 Å². The molecule has 0 aromatic carbocycles. The molecule has 0 aromatic rings. The van der Waals surface area contributed by atoms with Crippen LogP contribution in [0.2, 0.25) is 0 Å². The van der Waals surface area contributed by atoms with Crippen molar-refractivity contribution in [1.29, 1.82) is 0 Å². The first-order valence-electron chi connectivity index (χ1n) is 13.5. The lowest BCUT2D eigenvalue weighted by Gasteiger charge is -2.62. The van der Waals surface area contributed by atoms with Gasteiger partial charge in [-0.05, 0) is 111 Å². The average molecular weight is 463 g/mol. The molecule has 0 heterocycles. The molecule has 33 heavy (non-hydrogen) atoms. The number of carbonyl (C=O) groups is 2. The summed E-state index contributed by atoms with van der Waals surface area (Å²) in [4.78, 5) is 23.1. The SMILES string of the molecule is COC(=O)CCCC(C)[C@H]1CC[C@H]2[C@@H]3CC[C@H]4[C@@H](O)[C@@H](OC(C)=O)CC[C@]4(C)[C@H]3CC[C@]12C. The van der Waals surface area contributed by atoms with Gasteiger partial charge in [0.2, 0.25) is 0 Å². The van der Waals surface area contributed by atoms with Crippen LogP contribution in [0.25, 0.3) is 0 Å². The Hall–Kier alpha value is -1.10. The molecule has 10 atom stereocenters. The Balaban J connectivity index is 1.44. The molecular weight excluding hydrogens is 416 g/mol.